The Morgan fingerprint density at radius 2 is 1.79 bits per heavy atom. The molecule has 0 aliphatic carbocycles. The molecule has 5 nitrogen and oxygen atoms in total. The van der Waals surface area contributed by atoms with Crippen molar-refractivity contribution < 1.29 is 0 Å². The molecule has 5 heteroatoms. The minimum Gasteiger partial charge on any atom is -0.354 e. The number of nitrogens with zero attached hydrogens (tertiary/aromatic N) is 3. The molecule has 3 heterocycles. The Bertz CT molecular complexity index is 883. The topological polar surface area (TPSA) is 52.2 Å². The Balaban J connectivity index is 1.45. The first kappa shape index (κ1) is 14.9. The van der Waals surface area contributed by atoms with Gasteiger partial charge >= 0.3 is 0 Å². The lowest BCUT2D eigenvalue weighted by Crippen LogP contribution is -2.46. The number of fused-ring (bicyclic) bond motifs is 1. The van der Waals surface area contributed by atoms with Gasteiger partial charge in [0, 0.05) is 50.0 Å². The Morgan fingerprint density at radius 3 is 2.58 bits per heavy atom. The van der Waals surface area contributed by atoms with Crippen molar-refractivity contribution in [2.75, 3.05) is 31.1 Å². The number of aromatic nitrogens is 2. The highest BCUT2D eigenvalue weighted by Gasteiger charge is 2.18. The Labute approximate surface area is 140 Å². The van der Waals surface area contributed by atoms with Gasteiger partial charge in [-0.05, 0) is 29.7 Å². The van der Waals surface area contributed by atoms with Gasteiger partial charge in [0.25, 0.3) is 5.56 Å². The molecule has 24 heavy (non-hydrogen) atoms. The quantitative estimate of drug-likeness (QED) is 0.804. The number of pyridine rings is 2. The van der Waals surface area contributed by atoms with E-state index >= 15 is 0 Å². The van der Waals surface area contributed by atoms with Gasteiger partial charge in [-0.25, -0.2) is 4.98 Å². The van der Waals surface area contributed by atoms with Gasteiger partial charge in [0.05, 0.1) is 0 Å². The zero-order chi connectivity index (χ0) is 16.4. The summed E-state index contributed by atoms with van der Waals surface area (Å²) in [6, 6.07) is 15.8. The van der Waals surface area contributed by atoms with Crippen molar-refractivity contribution in [2.45, 2.75) is 6.54 Å². The lowest BCUT2D eigenvalue weighted by Gasteiger charge is -2.35. The van der Waals surface area contributed by atoms with Gasteiger partial charge < -0.3 is 9.88 Å². The maximum Gasteiger partial charge on any atom is 0.256 e. The van der Waals surface area contributed by atoms with E-state index in [1.54, 1.807) is 0 Å². The number of nitrogens with one attached hydrogen (secondary N) is 1. The summed E-state index contributed by atoms with van der Waals surface area (Å²) < 4.78 is 0. The minimum absolute atomic E-state index is 0.00442. The third-order valence-electron chi connectivity index (χ3n) is 4.55. The van der Waals surface area contributed by atoms with Crippen LogP contribution in [0, 0.1) is 0 Å². The summed E-state index contributed by atoms with van der Waals surface area (Å²) in [5.74, 6) is 1.04. The van der Waals surface area contributed by atoms with Gasteiger partial charge in [-0.15, -0.1) is 0 Å². The molecular formula is C19H20N4O. The van der Waals surface area contributed by atoms with E-state index in [0.29, 0.717) is 0 Å². The van der Waals surface area contributed by atoms with Crippen LogP contribution in [0.2, 0.25) is 0 Å². The maximum atomic E-state index is 12.2. The Morgan fingerprint density at radius 1 is 1.00 bits per heavy atom. The van der Waals surface area contributed by atoms with Crippen molar-refractivity contribution in [1.29, 1.82) is 0 Å². The van der Waals surface area contributed by atoms with Crippen LogP contribution in [-0.4, -0.2) is 41.0 Å². The Hall–Kier alpha value is -2.66. The van der Waals surface area contributed by atoms with Gasteiger partial charge in [0.1, 0.15) is 5.82 Å². The van der Waals surface area contributed by atoms with E-state index in [2.05, 4.69) is 31.9 Å². The van der Waals surface area contributed by atoms with Crippen LogP contribution in [-0.2, 0) is 6.54 Å². The molecule has 2 aromatic heterocycles. The number of aromatic amines is 1. The fourth-order valence-corrected chi connectivity index (χ4v) is 3.27. The largest absolute Gasteiger partial charge is 0.354 e. The van der Waals surface area contributed by atoms with Crippen LogP contribution in [0.15, 0.2) is 59.5 Å². The molecule has 0 spiro atoms. The summed E-state index contributed by atoms with van der Waals surface area (Å²) in [5, 5.41) is 1.75. The molecule has 4 rings (SSSR count). The van der Waals surface area contributed by atoms with Crippen LogP contribution >= 0.6 is 0 Å². The number of hydrogen-bond acceptors (Lipinski definition) is 4. The Kier molecular flexibility index (Phi) is 4.01. The summed E-state index contributed by atoms with van der Waals surface area (Å²) in [5.41, 5.74) is 0.972. The average Bonchev–Trinajstić information content (AvgIpc) is 2.63. The summed E-state index contributed by atoms with van der Waals surface area (Å²) in [6.45, 7) is 4.61. The predicted molar refractivity (Wildman–Crippen MR) is 96.3 cm³/mol. The van der Waals surface area contributed by atoms with Crippen molar-refractivity contribution in [1.82, 2.24) is 14.9 Å². The van der Waals surface area contributed by atoms with E-state index in [4.69, 9.17) is 0 Å². The van der Waals surface area contributed by atoms with Crippen LogP contribution in [0.3, 0.4) is 0 Å². The second-order valence-electron chi connectivity index (χ2n) is 6.16. The van der Waals surface area contributed by atoms with Crippen molar-refractivity contribution in [3.63, 3.8) is 0 Å². The highest BCUT2D eigenvalue weighted by Crippen LogP contribution is 2.15. The fourth-order valence-electron chi connectivity index (χ4n) is 3.27. The lowest BCUT2D eigenvalue weighted by atomic mass is 10.1. The molecule has 1 aliphatic rings. The molecule has 0 saturated carbocycles. The van der Waals surface area contributed by atoms with Gasteiger partial charge in [0.2, 0.25) is 0 Å². The molecule has 0 bridgehead atoms. The van der Waals surface area contributed by atoms with Gasteiger partial charge in [-0.2, -0.15) is 0 Å². The first-order valence-electron chi connectivity index (χ1n) is 8.29. The van der Waals surface area contributed by atoms with Gasteiger partial charge in [0.15, 0.2) is 0 Å². The number of H-pyrrole nitrogens is 1. The maximum absolute atomic E-state index is 12.2. The fraction of sp³-hybridized carbons (Fsp3) is 0.263. The molecule has 1 fully saturated rings. The van der Waals surface area contributed by atoms with E-state index in [0.717, 1.165) is 55.0 Å². The zero-order valence-electron chi connectivity index (χ0n) is 13.5. The van der Waals surface area contributed by atoms with Crippen LogP contribution in [0.1, 0.15) is 5.69 Å². The molecule has 0 atom stereocenters. The molecule has 1 aliphatic heterocycles. The monoisotopic (exact) mass is 320 g/mol. The van der Waals surface area contributed by atoms with Crippen LogP contribution in [0.25, 0.3) is 10.8 Å². The smallest absolute Gasteiger partial charge is 0.256 e. The lowest BCUT2D eigenvalue weighted by molar-refractivity contribution is 0.246. The molecule has 3 aromatic rings. The summed E-state index contributed by atoms with van der Waals surface area (Å²) >= 11 is 0. The molecule has 0 amide bonds. The van der Waals surface area contributed by atoms with E-state index < -0.39 is 0 Å². The first-order valence-corrected chi connectivity index (χ1v) is 8.29. The van der Waals surface area contributed by atoms with Crippen LogP contribution < -0.4 is 10.5 Å². The SMILES string of the molecule is O=c1[nH]c(CN2CCN(c3ccccn3)CC2)cc2ccccc12. The number of hydrogen-bond donors (Lipinski definition) is 1. The predicted octanol–water partition coefficient (Wildman–Crippen LogP) is 2.25. The van der Waals surface area contributed by atoms with E-state index in [-0.39, 0.29) is 5.56 Å². The minimum atomic E-state index is -0.00442. The van der Waals surface area contributed by atoms with Crippen molar-refractivity contribution in [3.05, 3.63) is 70.8 Å². The second-order valence-corrected chi connectivity index (χ2v) is 6.16. The molecule has 0 unspecified atom stereocenters. The zero-order valence-corrected chi connectivity index (χ0v) is 13.5. The second kappa shape index (κ2) is 6.45. The third-order valence-corrected chi connectivity index (χ3v) is 4.55. The summed E-state index contributed by atoms with van der Waals surface area (Å²) in [6.07, 6.45) is 1.83. The van der Waals surface area contributed by atoms with Gasteiger partial charge in [-0.3, -0.25) is 9.69 Å². The van der Waals surface area contributed by atoms with Gasteiger partial charge in [-0.1, -0.05) is 24.3 Å². The first-order chi connectivity index (χ1) is 11.8. The van der Waals surface area contributed by atoms with Crippen molar-refractivity contribution in [3.8, 4) is 0 Å². The number of benzene rings is 1. The number of anilines is 1. The van der Waals surface area contributed by atoms with Crippen molar-refractivity contribution in [2.24, 2.45) is 0 Å². The molecule has 1 saturated heterocycles. The van der Waals surface area contributed by atoms with E-state index in [1.165, 1.54) is 0 Å². The molecule has 1 N–H and O–H groups in total. The molecule has 1 aromatic carbocycles. The van der Waals surface area contributed by atoms with E-state index in [9.17, 15) is 4.79 Å². The number of piperazine rings is 1. The normalized spacial score (nSPS) is 15.8. The number of rotatable bonds is 3. The molecule has 0 radical (unpaired) electrons. The average molecular weight is 320 g/mol. The molecular weight excluding hydrogens is 300 g/mol. The standard InChI is InChI=1S/C19H20N4O/c24-19-17-6-2-1-5-15(17)13-16(21-19)14-22-9-11-23(12-10-22)18-7-3-4-8-20-18/h1-8,13H,9-12,14H2,(H,21,24). The van der Waals surface area contributed by atoms with Crippen LogP contribution in [0.4, 0.5) is 5.82 Å². The molecule has 122 valence electrons. The highest BCUT2D eigenvalue weighted by atomic mass is 16.1. The summed E-state index contributed by atoms with van der Waals surface area (Å²) in [7, 11) is 0. The van der Waals surface area contributed by atoms with Crippen molar-refractivity contribution >= 4 is 16.6 Å². The van der Waals surface area contributed by atoms with E-state index in [1.807, 2.05) is 42.6 Å². The summed E-state index contributed by atoms with van der Waals surface area (Å²) in [4.78, 5) is 24.3. The highest BCUT2D eigenvalue weighted by molar-refractivity contribution is 5.81. The van der Waals surface area contributed by atoms with Crippen LogP contribution in [0.5, 0.6) is 0 Å². The third kappa shape index (κ3) is 3.03.